The third-order valence-electron chi connectivity index (χ3n) is 1.35. The number of rotatable bonds is 5. The van der Waals surface area contributed by atoms with E-state index in [4.69, 9.17) is 10.8 Å². The Morgan fingerprint density at radius 1 is 1.67 bits per heavy atom. The summed E-state index contributed by atoms with van der Waals surface area (Å²) in [5, 5.41) is 11.0. The lowest BCUT2D eigenvalue weighted by Gasteiger charge is -2.08. The number of carbonyl (C=O) groups excluding carboxylic acids is 1. The molecule has 0 saturated heterocycles. The number of hydrogen-bond acceptors (Lipinski definition) is 3. The van der Waals surface area contributed by atoms with E-state index in [0.29, 0.717) is 0 Å². The van der Waals surface area contributed by atoms with Gasteiger partial charge in [-0.3, -0.25) is 4.79 Å². The molecule has 0 radical (unpaired) electrons. The van der Waals surface area contributed by atoms with Crippen molar-refractivity contribution >= 4 is 11.9 Å². The van der Waals surface area contributed by atoms with E-state index in [2.05, 4.69) is 11.9 Å². The predicted molar refractivity (Wildman–Crippen MR) is 43.4 cm³/mol. The van der Waals surface area contributed by atoms with Crippen molar-refractivity contribution < 1.29 is 14.7 Å². The minimum atomic E-state index is -1.08. The van der Waals surface area contributed by atoms with Gasteiger partial charge in [0.05, 0.1) is 6.04 Å². The Kier molecular flexibility index (Phi) is 3.99. The Morgan fingerprint density at radius 2 is 2.17 bits per heavy atom. The zero-order valence-corrected chi connectivity index (χ0v) is 6.83. The quantitative estimate of drug-likeness (QED) is 0.468. The number of nitrogens with two attached hydrogens (primary N) is 1. The van der Waals surface area contributed by atoms with Crippen LogP contribution in [0.3, 0.4) is 0 Å². The maximum atomic E-state index is 10.5. The molecule has 5 heteroatoms. The summed E-state index contributed by atoms with van der Waals surface area (Å²) in [7, 11) is 0. The molecule has 0 aromatic rings. The summed E-state index contributed by atoms with van der Waals surface area (Å²) in [5.74, 6) is -1.60. The second-order valence-electron chi connectivity index (χ2n) is 2.41. The van der Waals surface area contributed by atoms with Crippen LogP contribution in [-0.2, 0) is 9.59 Å². The maximum Gasteiger partial charge on any atom is 0.332 e. The molecule has 0 rings (SSSR count). The highest BCUT2D eigenvalue weighted by Crippen LogP contribution is 1.88. The molecule has 1 atom stereocenters. The number of carboxylic acid groups (broad SMARTS) is 1. The molecular weight excluding hydrogens is 160 g/mol. The molecule has 12 heavy (non-hydrogen) atoms. The van der Waals surface area contributed by atoms with E-state index < -0.39 is 17.9 Å². The maximum absolute atomic E-state index is 10.5. The van der Waals surface area contributed by atoms with Gasteiger partial charge in [-0.05, 0) is 6.92 Å². The van der Waals surface area contributed by atoms with E-state index in [0.717, 1.165) is 0 Å². The SMILES string of the molecule is C=C(CNC(C)C(N)=O)C(=O)O. The minimum Gasteiger partial charge on any atom is -0.478 e. The Labute approximate surface area is 70.2 Å². The molecule has 1 unspecified atom stereocenters. The fourth-order valence-electron chi connectivity index (χ4n) is 0.452. The van der Waals surface area contributed by atoms with Crippen molar-refractivity contribution in [3.05, 3.63) is 12.2 Å². The average molecular weight is 172 g/mol. The Bertz CT molecular complexity index is 213. The highest BCUT2D eigenvalue weighted by molar-refractivity contribution is 5.86. The van der Waals surface area contributed by atoms with Crippen LogP contribution in [0, 0.1) is 0 Å². The second kappa shape index (κ2) is 4.50. The summed E-state index contributed by atoms with van der Waals surface area (Å²) < 4.78 is 0. The number of hydrogen-bond donors (Lipinski definition) is 3. The van der Waals surface area contributed by atoms with Crippen LogP contribution in [0.1, 0.15) is 6.92 Å². The van der Waals surface area contributed by atoms with Gasteiger partial charge in [0, 0.05) is 12.1 Å². The van der Waals surface area contributed by atoms with E-state index in [-0.39, 0.29) is 12.1 Å². The van der Waals surface area contributed by atoms with Gasteiger partial charge in [-0.2, -0.15) is 0 Å². The van der Waals surface area contributed by atoms with E-state index >= 15 is 0 Å². The lowest BCUT2D eigenvalue weighted by Crippen LogP contribution is -2.40. The van der Waals surface area contributed by atoms with Gasteiger partial charge >= 0.3 is 5.97 Å². The van der Waals surface area contributed by atoms with Crippen LogP contribution < -0.4 is 11.1 Å². The molecule has 0 spiro atoms. The largest absolute Gasteiger partial charge is 0.478 e. The van der Waals surface area contributed by atoms with Gasteiger partial charge in [-0.15, -0.1) is 0 Å². The van der Waals surface area contributed by atoms with Crippen LogP contribution in [-0.4, -0.2) is 29.6 Å². The van der Waals surface area contributed by atoms with Crippen molar-refractivity contribution in [3.8, 4) is 0 Å². The fourth-order valence-corrected chi connectivity index (χ4v) is 0.452. The molecule has 0 bridgehead atoms. The van der Waals surface area contributed by atoms with Gasteiger partial charge in [0.2, 0.25) is 5.91 Å². The minimum absolute atomic E-state index is 0.00287. The molecular formula is C7H12N2O3. The van der Waals surface area contributed by atoms with Crippen LogP contribution in [0.4, 0.5) is 0 Å². The normalized spacial score (nSPS) is 12.1. The molecule has 68 valence electrons. The molecule has 0 aliphatic carbocycles. The number of primary amides is 1. The Balaban J connectivity index is 3.76. The molecule has 0 saturated carbocycles. The first kappa shape index (κ1) is 10.6. The van der Waals surface area contributed by atoms with Gasteiger partial charge < -0.3 is 16.2 Å². The van der Waals surface area contributed by atoms with Crippen LogP contribution >= 0.6 is 0 Å². The molecule has 0 heterocycles. The van der Waals surface area contributed by atoms with Gasteiger partial charge in [0.15, 0.2) is 0 Å². The second-order valence-corrected chi connectivity index (χ2v) is 2.41. The molecule has 1 amide bonds. The number of amides is 1. The van der Waals surface area contributed by atoms with Crippen molar-refractivity contribution in [2.45, 2.75) is 13.0 Å². The molecule has 0 aliphatic heterocycles. The molecule has 0 fully saturated rings. The summed E-state index contributed by atoms with van der Waals surface area (Å²) >= 11 is 0. The molecule has 5 nitrogen and oxygen atoms in total. The number of nitrogens with one attached hydrogen (secondary N) is 1. The summed E-state index contributed by atoms with van der Waals surface area (Å²) in [5.41, 5.74) is 4.92. The molecule has 0 aromatic carbocycles. The van der Waals surface area contributed by atoms with Gasteiger partial charge in [-0.1, -0.05) is 6.58 Å². The first-order valence-corrected chi connectivity index (χ1v) is 3.39. The van der Waals surface area contributed by atoms with Crippen LogP contribution in [0.25, 0.3) is 0 Å². The topological polar surface area (TPSA) is 92.4 Å². The number of carboxylic acids is 1. The van der Waals surface area contributed by atoms with Crippen LogP contribution in [0.2, 0.25) is 0 Å². The number of carbonyl (C=O) groups is 2. The first-order valence-electron chi connectivity index (χ1n) is 3.39. The highest BCUT2D eigenvalue weighted by Gasteiger charge is 2.09. The Hall–Kier alpha value is -1.36. The predicted octanol–water partition coefficient (Wildman–Crippen LogP) is -0.909. The van der Waals surface area contributed by atoms with Crippen molar-refractivity contribution in [2.24, 2.45) is 5.73 Å². The summed E-state index contributed by atoms with van der Waals surface area (Å²) in [6.45, 7) is 4.88. The van der Waals surface area contributed by atoms with Crippen LogP contribution in [0.5, 0.6) is 0 Å². The average Bonchev–Trinajstić information content (AvgIpc) is 1.98. The van der Waals surface area contributed by atoms with Gasteiger partial charge in [-0.25, -0.2) is 4.79 Å². The van der Waals surface area contributed by atoms with Crippen LogP contribution in [0.15, 0.2) is 12.2 Å². The lowest BCUT2D eigenvalue weighted by molar-refractivity contribution is -0.132. The van der Waals surface area contributed by atoms with E-state index in [9.17, 15) is 9.59 Å². The molecule has 4 N–H and O–H groups in total. The first-order chi connectivity index (χ1) is 5.45. The lowest BCUT2D eigenvalue weighted by atomic mass is 10.2. The van der Waals surface area contributed by atoms with Crippen molar-refractivity contribution in [3.63, 3.8) is 0 Å². The Morgan fingerprint density at radius 3 is 2.50 bits per heavy atom. The summed E-state index contributed by atoms with van der Waals surface area (Å²) in [6.07, 6.45) is 0. The van der Waals surface area contributed by atoms with Crippen molar-refractivity contribution in [1.82, 2.24) is 5.32 Å². The summed E-state index contributed by atoms with van der Waals surface area (Å²) in [4.78, 5) is 20.7. The fraction of sp³-hybridized carbons (Fsp3) is 0.429. The highest BCUT2D eigenvalue weighted by atomic mass is 16.4. The molecule has 0 aliphatic rings. The third-order valence-corrected chi connectivity index (χ3v) is 1.35. The standard InChI is InChI=1S/C7H12N2O3/c1-4(7(11)12)3-9-5(2)6(8)10/h5,9H,1,3H2,2H3,(H2,8,10)(H,11,12). The van der Waals surface area contributed by atoms with Gasteiger partial charge in [0.25, 0.3) is 0 Å². The summed E-state index contributed by atoms with van der Waals surface area (Å²) in [6, 6.07) is -0.541. The van der Waals surface area contributed by atoms with E-state index in [1.807, 2.05) is 0 Å². The molecule has 0 aromatic heterocycles. The van der Waals surface area contributed by atoms with Crippen molar-refractivity contribution in [2.75, 3.05) is 6.54 Å². The van der Waals surface area contributed by atoms with Gasteiger partial charge in [0.1, 0.15) is 0 Å². The van der Waals surface area contributed by atoms with Crippen molar-refractivity contribution in [1.29, 1.82) is 0 Å². The third kappa shape index (κ3) is 3.72. The van der Waals surface area contributed by atoms with E-state index in [1.165, 1.54) is 0 Å². The zero-order valence-electron chi connectivity index (χ0n) is 6.83. The number of aliphatic carboxylic acids is 1. The smallest absolute Gasteiger partial charge is 0.332 e. The van der Waals surface area contributed by atoms with E-state index in [1.54, 1.807) is 6.92 Å². The zero-order chi connectivity index (χ0) is 9.72. The monoisotopic (exact) mass is 172 g/mol.